The highest BCUT2D eigenvalue weighted by Crippen LogP contribution is 2.60. The monoisotopic (exact) mass is 446 g/mol. The first kappa shape index (κ1) is 23.4. The van der Waals surface area contributed by atoms with Crippen LogP contribution in [0.1, 0.15) is 93.4 Å². The van der Waals surface area contributed by atoms with Crippen molar-refractivity contribution < 1.29 is 19.1 Å². The van der Waals surface area contributed by atoms with Crippen molar-refractivity contribution in [2.24, 2.45) is 17.8 Å². The quantitative estimate of drug-likeness (QED) is 0.451. The smallest absolute Gasteiger partial charge is 0.414 e. The molecular formula is C26H42N2O4. The van der Waals surface area contributed by atoms with Crippen molar-refractivity contribution in [3.8, 4) is 0 Å². The number of piperidine rings is 1. The van der Waals surface area contributed by atoms with Gasteiger partial charge in [0.2, 0.25) is 0 Å². The van der Waals surface area contributed by atoms with E-state index in [1.54, 1.807) is 0 Å². The largest absolute Gasteiger partial charge is 0.444 e. The lowest BCUT2D eigenvalue weighted by Crippen LogP contribution is -2.67. The van der Waals surface area contributed by atoms with Gasteiger partial charge in [0.15, 0.2) is 0 Å². The van der Waals surface area contributed by atoms with Gasteiger partial charge in [0.25, 0.3) is 0 Å². The Morgan fingerprint density at radius 3 is 2.28 bits per heavy atom. The van der Waals surface area contributed by atoms with Crippen LogP contribution in [0.5, 0.6) is 0 Å². The standard InChI is InChI=1S/C26H42N2O4/c1-17-14-18-15-21-20(11-8-12-27(21)22(29)31-24(2,3)4)26(16-17)19(18)10-9-13-28(26)23(30)32-25(5,6)7/h17-19H,8-16H2,1-7H3. The number of hydrogen-bond donors (Lipinski definition) is 0. The van der Waals surface area contributed by atoms with Crippen LogP contribution in [0.2, 0.25) is 0 Å². The lowest BCUT2D eigenvalue weighted by Gasteiger charge is -2.63. The summed E-state index contributed by atoms with van der Waals surface area (Å²) in [5, 5.41) is 0. The third-order valence-corrected chi connectivity index (χ3v) is 7.61. The molecule has 4 atom stereocenters. The Labute approximate surface area is 193 Å². The van der Waals surface area contributed by atoms with E-state index in [-0.39, 0.29) is 17.7 Å². The predicted molar refractivity (Wildman–Crippen MR) is 124 cm³/mol. The summed E-state index contributed by atoms with van der Waals surface area (Å²) < 4.78 is 11.7. The maximum Gasteiger partial charge on any atom is 0.414 e. The average molecular weight is 447 g/mol. The Morgan fingerprint density at radius 1 is 0.969 bits per heavy atom. The highest BCUT2D eigenvalue weighted by atomic mass is 16.6. The van der Waals surface area contributed by atoms with Crippen LogP contribution >= 0.6 is 0 Å². The van der Waals surface area contributed by atoms with Gasteiger partial charge in [-0.15, -0.1) is 0 Å². The van der Waals surface area contributed by atoms with Crippen LogP contribution in [-0.4, -0.2) is 51.8 Å². The summed E-state index contributed by atoms with van der Waals surface area (Å²) in [5.41, 5.74) is 1.07. The molecule has 2 aliphatic carbocycles. The van der Waals surface area contributed by atoms with Gasteiger partial charge in [-0.1, -0.05) is 6.92 Å². The number of likely N-dealkylation sites (tertiary alicyclic amines) is 1. The molecule has 0 aromatic carbocycles. The summed E-state index contributed by atoms with van der Waals surface area (Å²) in [4.78, 5) is 30.7. The van der Waals surface area contributed by atoms with Crippen molar-refractivity contribution in [1.82, 2.24) is 9.80 Å². The van der Waals surface area contributed by atoms with Crippen LogP contribution in [0, 0.1) is 17.8 Å². The van der Waals surface area contributed by atoms with E-state index in [9.17, 15) is 9.59 Å². The summed E-state index contributed by atoms with van der Waals surface area (Å²) >= 11 is 0. The molecule has 0 aromatic heterocycles. The highest BCUT2D eigenvalue weighted by Gasteiger charge is 2.60. The SMILES string of the molecule is CC1CC2CC3=C(CCCN3C(=O)OC(C)(C)C)C3(C1)C2CCCN3C(=O)OC(C)(C)C. The van der Waals surface area contributed by atoms with Crippen molar-refractivity contribution >= 4 is 12.2 Å². The van der Waals surface area contributed by atoms with Crippen molar-refractivity contribution in [3.63, 3.8) is 0 Å². The summed E-state index contributed by atoms with van der Waals surface area (Å²) in [6.07, 6.45) is 6.64. The summed E-state index contributed by atoms with van der Waals surface area (Å²) in [6.45, 7) is 15.3. The number of carbonyl (C=O) groups excluding carboxylic acids is 2. The Balaban J connectivity index is 1.79. The van der Waals surface area contributed by atoms with Crippen LogP contribution in [0.25, 0.3) is 0 Å². The summed E-state index contributed by atoms with van der Waals surface area (Å²) in [5.74, 6) is 1.49. The average Bonchev–Trinajstić information content (AvgIpc) is 2.63. The molecule has 180 valence electrons. The summed E-state index contributed by atoms with van der Waals surface area (Å²) in [7, 11) is 0. The van der Waals surface area contributed by atoms with Crippen LogP contribution < -0.4 is 0 Å². The number of amides is 2. The molecule has 0 spiro atoms. The van der Waals surface area contributed by atoms with E-state index < -0.39 is 11.2 Å². The molecule has 0 aromatic rings. The Morgan fingerprint density at radius 2 is 1.62 bits per heavy atom. The van der Waals surface area contributed by atoms with Crippen molar-refractivity contribution in [2.45, 2.75) is 110 Å². The third-order valence-electron chi connectivity index (χ3n) is 7.61. The molecule has 2 amide bonds. The topological polar surface area (TPSA) is 59.1 Å². The maximum absolute atomic E-state index is 13.5. The van der Waals surface area contributed by atoms with Crippen LogP contribution in [-0.2, 0) is 9.47 Å². The molecule has 2 fully saturated rings. The molecule has 1 saturated carbocycles. The molecule has 0 N–H and O–H groups in total. The van der Waals surface area contributed by atoms with E-state index in [1.165, 1.54) is 5.57 Å². The number of ether oxygens (including phenoxy) is 2. The molecule has 2 aliphatic heterocycles. The second-order valence-corrected chi connectivity index (χ2v) is 12.5. The second kappa shape index (κ2) is 7.95. The highest BCUT2D eigenvalue weighted by molar-refractivity contribution is 5.73. The number of rotatable bonds is 0. The second-order valence-electron chi connectivity index (χ2n) is 12.5. The molecule has 6 nitrogen and oxygen atoms in total. The molecule has 1 saturated heterocycles. The van der Waals surface area contributed by atoms with Gasteiger partial charge in [0.05, 0.1) is 5.54 Å². The lowest BCUT2D eigenvalue weighted by molar-refractivity contribution is -0.0764. The molecule has 2 heterocycles. The van der Waals surface area contributed by atoms with Gasteiger partial charge in [-0.25, -0.2) is 9.59 Å². The van der Waals surface area contributed by atoms with Gasteiger partial charge < -0.3 is 9.47 Å². The van der Waals surface area contributed by atoms with E-state index in [0.717, 1.165) is 57.2 Å². The molecule has 4 unspecified atom stereocenters. The zero-order valence-electron chi connectivity index (χ0n) is 21.1. The van der Waals surface area contributed by atoms with Gasteiger partial charge in [-0.3, -0.25) is 9.80 Å². The zero-order chi connectivity index (χ0) is 23.5. The van der Waals surface area contributed by atoms with Gasteiger partial charge in [-0.05, 0) is 110 Å². The fourth-order valence-electron chi connectivity index (χ4n) is 6.92. The van der Waals surface area contributed by atoms with Crippen LogP contribution in [0.4, 0.5) is 9.59 Å². The molecule has 32 heavy (non-hydrogen) atoms. The molecule has 2 bridgehead atoms. The molecule has 4 rings (SSSR count). The van der Waals surface area contributed by atoms with E-state index in [1.807, 2.05) is 46.4 Å². The first-order valence-electron chi connectivity index (χ1n) is 12.6. The van der Waals surface area contributed by atoms with Gasteiger partial charge in [0.1, 0.15) is 11.2 Å². The number of carbonyl (C=O) groups is 2. The molecular weight excluding hydrogens is 404 g/mol. The number of nitrogens with zero attached hydrogens (tertiary/aromatic N) is 2. The Hall–Kier alpha value is -1.72. The Kier molecular flexibility index (Phi) is 5.82. The first-order chi connectivity index (χ1) is 14.8. The first-order valence-corrected chi connectivity index (χ1v) is 12.6. The maximum atomic E-state index is 13.5. The fraction of sp³-hybridized carbons (Fsp3) is 0.846. The molecule has 4 aliphatic rings. The van der Waals surface area contributed by atoms with E-state index >= 15 is 0 Å². The minimum Gasteiger partial charge on any atom is -0.444 e. The lowest BCUT2D eigenvalue weighted by atomic mass is 9.52. The van der Waals surface area contributed by atoms with E-state index in [4.69, 9.17) is 9.47 Å². The summed E-state index contributed by atoms with van der Waals surface area (Å²) in [6, 6.07) is 0. The number of hydrogen-bond acceptors (Lipinski definition) is 4. The van der Waals surface area contributed by atoms with Crippen LogP contribution in [0.3, 0.4) is 0 Å². The zero-order valence-corrected chi connectivity index (χ0v) is 21.1. The van der Waals surface area contributed by atoms with Crippen LogP contribution in [0.15, 0.2) is 11.3 Å². The minimum atomic E-state index is -0.526. The van der Waals surface area contributed by atoms with E-state index in [0.29, 0.717) is 24.3 Å². The van der Waals surface area contributed by atoms with Crippen molar-refractivity contribution in [2.75, 3.05) is 13.1 Å². The van der Waals surface area contributed by atoms with Crippen molar-refractivity contribution in [1.29, 1.82) is 0 Å². The third kappa shape index (κ3) is 4.14. The molecule has 0 radical (unpaired) electrons. The minimum absolute atomic E-state index is 0.196. The normalized spacial score (nSPS) is 32.8. The fourth-order valence-corrected chi connectivity index (χ4v) is 6.92. The van der Waals surface area contributed by atoms with E-state index in [2.05, 4.69) is 11.8 Å². The van der Waals surface area contributed by atoms with Gasteiger partial charge in [-0.2, -0.15) is 0 Å². The predicted octanol–water partition coefficient (Wildman–Crippen LogP) is 6.11. The Bertz CT molecular complexity index is 806. The van der Waals surface area contributed by atoms with Gasteiger partial charge >= 0.3 is 12.2 Å². The number of allylic oxidation sites excluding steroid dienone is 1. The molecule has 6 heteroatoms. The van der Waals surface area contributed by atoms with Gasteiger partial charge in [0, 0.05) is 18.8 Å². The van der Waals surface area contributed by atoms with Crippen molar-refractivity contribution in [3.05, 3.63) is 11.3 Å².